The maximum atomic E-state index is 11.8. The molecule has 2 heteroatoms. The van der Waals surface area contributed by atoms with Gasteiger partial charge in [0.05, 0.1) is 0 Å². The van der Waals surface area contributed by atoms with Crippen molar-refractivity contribution in [3.63, 3.8) is 0 Å². The fourth-order valence-corrected chi connectivity index (χ4v) is 4.08. The summed E-state index contributed by atoms with van der Waals surface area (Å²) in [6.45, 7) is 9.29. The number of hydrogen-bond acceptors (Lipinski definition) is 1. The first-order valence-electron chi connectivity index (χ1n) is 9.08. The number of carbonyl (C=O) groups is 1. The van der Waals surface area contributed by atoms with Gasteiger partial charge in [-0.25, -0.2) is 0 Å². The fourth-order valence-electron chi connectivity index (χ4n) is 3.96. The molecule has 0 N–H and O–H groups in total. The number of benzene rings is 2. The fraction of sp³-hybridized carbons (Fsp3) is 0.435. The molecule has 0 spiro atoms. The Labute approximate surface area is 156 Å². The van der Waals surface area contributed by atoms with Crippen LogP contribution in [0.15, 0.2) is 42.5 Å². The molecule has 0 saturated heterocycles. The van der Waals surface area contributed by atoms with E-state index in [1.165, 1.54) is 24.0 Å². The third kappa shape index (κ3) is 3.67. The van der Waals surface area contributed by atoms with E-state index < -0.39 is 0 Å². The molecule has 2 aromatic rings. The first kappa shape index (κ1) is 18.2. The van der Waals surface area contributed by atoms with Crippen LogP contribution in [0.3, 0.4) is 0 Å². The summed E-state index contributed by atoms with van der Waals surface area (Å²) in [5.41, 5.74) is 5.46. The van der Waals surface area contributed by atoms with Gasteiger partial charge in [0.15, 0.2) is 0 Å². The molecule has 132 valence electrons. The number of halogens is 1. The van der Waals surface area contributed by atoms with Gasteiger partial charge >= 0.3 is 0 Å². The molecule has 0 amide bonds. The molecule has 3 rings (SSSR count). The van der Waals surface area contributed by atoms with Gasteiger partial charge in [0, 0.05) is 10.9 Å². The molecule has 0 heterocycles. The minimum atomic E-state index is -0.118. The normalized spacial score (nSPS) is 19.1. The van der Waals surface area contributed by atoms with Crippen molar-refractivity contribution in [3.8, 4) is 0 Å². The first-order chi connectivity index (χ1) is 11.7. The Morgan fingerprint density at radius 1 is 0.960 bits per heavy atom. The van der Waals surface area contributed by atoms with E-state index in [9.17, 15) is 4.79 Å². The molecule has 0 aromatic heterocycles. The molecule has 2 aromatic carbocycles. The monoisotopic (exact) mass is 354 g/mol. The van der Waals surface area contributed by atoms with Gasteiger partial charge < -0.3 is 4.79 Å². The second kappa shape index (κ2) is 6.61. The summed E-state index contributed by atoms with van der Waals surface area (Å²) >= 11 is 5.97. The zero-order chi connectivity index (χ0) is 18.2. The maximum Gasteiger partial charge on any atom is 0.127 e. The highest BCUT2D eigenvalue weighted by molar-refractivity contribution is 6.30. The van der Waals surface area contributed by atoms with E-state index in [-0.39, 0.29) is 16.7 Å². The van der Waals surface area contributed by atoms with E-state index in [1.54, 1.807) is 0 Å². The van der Waals surface area contributed by atoms with Crippen LogP contribution in [0.5, 0.6) is 0 Å². The molecule has 0 aliphatic heterocycles. The second-order valence-electron chi connectivity index (χ2n) is 8.65. The van der Waals surface area contributed by atoms with Crippen LogP contribution in [0.4, 0.5) is 0 Å². The molecule has 1 aliphatic carbocycles. The summed E-state index contributed by atoms with van der Waals surface area (Å²) < 4.78 is 0. The summed E-state index contributed by atoms with van der Waals surface area (Å²) in [7, 11) is 0. The van der Waals surface area contributed by atoms with Crippen LogP contribution in [0.25, 0.3) is 0 Å². The molecular formula is C23H27ClO. The van der Waals surface area contributed by atoms with Crippen LogP contribution < -0.4 is 0 Å². The highest BCUT2D eigenvalue weighted by Gasteiger charge is 2.37. The van der Waals surface area contributed by atoms with Crippen LogP contribution in [-0.4, -0.2) is 6.29 Å². The second-order valence-corrected chi connectivity index (χ2v) is 9.08. The molecule has 0 fully saturated rings. The van der Waals surface area contributed by atoms with Crippen molar-refractivity contribution < 1.29 is 4.79 Å². The molecule has 1 atom stereocenters. The molecule has 25 heavy (non-hydrogen) atoms. The van der Waals surface area contributed by atoms with Gasteiger partial charge in [-0.3, -0.25) is 0 Å². The summed E-state index contributed by atoms with van der Waals surface area (Å²) in [5.74, 6) is -0.118. The van der Waals surface area contributed by atoms with Crippen LogP contribution in [-0.2, 0) is 22.0 Å². The summed E-state index contributed by atoms with van der Waals surface area (Å²) in [5, 5.41) is 0.726. The lowest BCUT2D eigenvalue weighted by molar-refractivity contribution is -0.109. The van der Waals surface area contributed by atoms with Gasteiger partial charge in [0.2, 0.25) is 0 Å². The minimum absolute atomic E-state index is 0.118. The van der Waals surface area contributed by atoms with E-state index in [0.717, 1.165) is 22.4 Å². The van der Waals surface area contributed by atoms with Crippen molar-refractivity contribution in [1.82, 2.24) is 0 Å². The number of rotatable bonds is 4. The Hall–Kier alpha value is -1.60. The number of hydrogen-bond donors (Lipinski definition) is 0. The summed E-state index contributed by atoms with van der Waals surface area (Å²) in [4.78, 5) is 11.8. The third-order valence-corrected chi connectivity index (χ3v) is 6.09. The molecule has 0 bridgehead atoms. The molecule has 1 nitrogen and oxygen atoms in total. The zero-order valence-corrected chi connectivity index (χ0v) is 16.4. The Kier molecular flexibility index (Phi) is 4.81. The van der Waals surface area contributed by atoms with E-state index in [0.29, 0.717) is 6.42 Å². The van der Waals surface area contributed by atoms with Gasteiger partial charge in [-0.2, -0.15) is 0 Å². The topological polar surface area (TPSA) is 17.1 Å². The molecular weight excluding hydrogens is 328 g/mol. The third-order valence-electron chi connectivity index (χ3n) is 5.84. The zero-order valence-electron chi connectivity index (χ0n) is 15.6. The van der Waals surface area contributed by atoms with E-state index in [4.69, 9.17) is 11.6 Å². The van der Waals surface area contributed by atoms with Crippen molar-refractivity contribution in [1.29, 1.82) is 0 Å². The molecule has 0 radical (unpaired) electrons. The molecule has 1 unspecified atom stereocenters. The average molecular weight is 355 g/mol. The van der Waals surface area contributed by atoms with Gasteiger partial charge in [-0.05, 0) is 64.5 Å². The maximum absolute atomic E-state index is 11.8. The Balaban J connectivity index is 1.96. The van der Waals surface area contributed by atoms with E-state index in [1.807, 2.05) is 24.3 Å². The largest absolute Gasteiger partial charge is 0.303 e. The SMILES string of the molecule is CC1(C)CCC(C)(C)c2cc(C(C=O)Cc3ccc(Cl)cc3)ccc21. The molecule has 0 saturated carbocycles. The van der Waals surface area contributed by atoms with E-state index >= 15 is 0 Å². The lowest BCUT2D eigenvalue weighted by Gasteiger charge is -2.42. The lowest BCUT2D eigenvalue weighted by Crippen LogP contribution is -2.34. The van der Waals surface area contributed by atoms with Crippen molar-refractivity contribution >= 4 is 17.9 Å². The number of aldehydes is 1. The highest BCUT2D eigenvalue weighted by Crippen LogP contribution is 2.46. The van der Waals surface area contributed by atoms with Crippen molar-refractivity contribution in [2.45, 2.75) is 63.7 Å². The Morgan fingerprint density at radius 2 is 1.56 bits per heavy atom. The van der Waals surface area contributed by atoms with Crippen molar-refractivity contribution in [2.24, 2.45) is 0 Å². The van der Waals surface area contributed by atoms with Crippen molar-refractivity contribution in [2.75, 3.05) is 0 Å². The highest BCUT2D eigenvalue weighted by atomic mass is 35.5. The number of carbonyl (C=O) groups excluding carboxylic acids is 1. The van der Waals surface area contributed by atoms with E-state index in [2.05, 4.69) is 45.9 Å². The van der Waals surface area contributed by atoms with Crippen LogP contribution in [0.2, 0.25) is 5.02 Å². The predicted octanol–water partition coefficient (Wildman–Crippen LogP) is 6.21. The Bertz CT molecular complexity index is 771. The van der Waals surface area contributed by atoms with Crippen LogP contribution >= 0.6 is 11.6 Å². The first-order valence-corrected chi connectivity index (χ1v) is 9.45. The lowest BCUT2D eigenvalue weighted by atomic mass is 9.62. The summed E-state index contributed by atoms with van der Waals surface area (Å²) in [6.07, 6.45) is 4.17. The minimum Gasteiger partial charge on any atom is -0.303 e. The quantitative estimate of drug-likeness (QED) is 0.596. The van der Waals surface area contributed by atoms with Gasteiger partial charge in [0.25, 0.3) is 0 Å². The summed E-state index contributed by atoms with van der Waals surface area (Å²) in [6, 6.07) is 14.5. The van der Waals surface area contributed by atoms with Gasteiger partial charge in [-0.15, -0.1) is 0 Å². The van der Waals surface area contributed by atoms with Gasteiger partial charge in [0.1, 0.15) is 6.29 Å². The average Bonchev–Trinajstić information content (AvgIpc) is 2.58. The number of fused-ring (bicyclic) bond motifs is 1. The predicted molar refractivity (Wildman–Crippen MR) is 106 cm³/mol. The van der Waals surface area contributed by atoms with Crippen LogP contribution in [0, 0.1) is 0 Å². The Morgan fingerprint density at radius 3 is 2.16 bits per heavy atom. The smallest absolute Gasteiger partial charge is 0.127 e. The van der Waals surface area contributed by atoms with Gasteiger partial charge in [-0.1, -0.05) is 69.6 Å². The molecule has 1 aliphatic rings. The standard InChI is InChI=1S/C23H27ClO/c1-22(2)11-12-23(3,4)21-14-17(7-10-20(21)22)18(15-25)13-16-5-8-19(24)9-6-16/h5-10,14-15,18H,11-13H2,1-4H3. The van der Waals surface area contributed by atoms with Crippen molar-refractivity contribution in [3.05, 3.63) is 69.7 Å². The van der Waals surface area contributed by atoms with Crippen LogP contribution in [0.1, 0.15) is 68.7 Å².